The van der Waals surface area contributed by atoms with Gasteiger partial charge in [-0.2, -0.15) is 0 Å². The second-order valence-electron chi connectivity index (χ2n) is 4.05. The first-order chi connectivity index (χ1) is 9.47. The average molecular weight is 277 g/mol. The number of hydrogen-bond donors (Lipinski definition) is 3. The number of carbonyl (C=O) groups is 3. The van der Waals surface area contributed by atoms with E-state index in [2.05, 4.69) is 10.3 Å². The lowest BCUT2D eigenvalue weighted by Crippen LogP contribution is -2.42. The number of hydrogen-bond acceptors (Lipinski definition) is 4. The molecule has 3 N–H and O–H groups in total. The lowest BCUT2D eigenvalue weighted by atomic mass is 10.2. The fraction of sp³-hybridized carbons (Fsp3) is 0.167. The molecule has 2 rings (SSSR count). The summed E-state index contributed by atoms with van der Waals surface area (Å²) in [4.78, 5) is 37.3. The van der Waals surface area contributed by atoms with E-state index in [0.29, 0.717) is 5.65 Å². The third-order valence-electron chi connectivity index (χ3n) is 2.58. The van der Waals surface area contributed by atoms with Crippen LogP contribution >= 0.6 is 0 Å². The molecule has 0 radical (unpaired) electrons. The molecule has 8 heteroatoms. The highest BCUT2D eigenvalue weighted by Crippen LogP contribution is 2.05. The summed E-state index contributed by atoms with van der Waals surface area (Å²) in [5.74, 6) is -3.46. The molecule has 2 aromatic rings. The highest BCUT2D eigenvalue weighted by Gasteiger charge is 2.24. The van der Waals surface area contributed by atoms with Crippen molar-refractivity contribution >= 4 is 23.5 Å². The number of aromatic nitrogens is 2. The van der Waals surface area contributed by atoms with Crippen LogP contribution in [0.25, 0.3) is 5.65 Å². The zero-order valence-corrected chi connectivity index (χ0v) is 10.2. The average Bonchev–Trinajstić information content (AvgIpc) is 2.81. The Balaban J connectivity index is 2.17. The smallest absolute Gasteiger partial charge is 0.326 e. The number of aliphatic carboxylic acids is 2. The van der Waals surface area contributed by atoms with Gasteiger partial charge in [-0.15, -0.1) is 0 Å². The van der Waals surface area contributed by atoms with Crippen molar-refractivity contribution in [1.82, 2.24) is 14.7 Å². The number of nitrogens with zero attached hydrogens (tertiary/aromatic N) is 2. The summed E-state index contributed by atoms with van der Waals surface area (Å²) in [6.45, 7) is 0. The zero-order valence-electron chi connectivity index (χ0n) is 10.2. The number of carboxylic acid groups (broad SMARTS) is 2. The monoisotopic (exact) mass is 277 g/mol. The third kappa shape index (κ3) is 2.91. The van der Waals surface area contributed by atoms with Crippen LogP contribution in [0, 0.1) is 0 Å². The number of carboxylic acids is 2. The van der Waals surface area contributed by atoms with Crippen LogP contribution < -0.4 is 5.32 Å². The Hall–Kier alpha value is -2.90. The molecule has 0 saturated heterocycles. The maximum atomic E-state index is 11.9. The standard InChI is InChI=1S/C12H11N3O5/c16-10(17)5-7(12(19)20)14-11(18)8-6-15-4-2-1-3-9(15)13-8/h1-4,6-7H,5H2,(H,14,18)(H,16,17)(H,19,20)/t7-/m1/s1. The topological polar surface area (TPSA) is 121 Å². The highest BCUT2D eigenvalue weighted by atomic mass is 16.4. The van der Waals surface area contributed by atoms with E-state index in [4.69, 9.17) is 10.2 Å². The minimum atomic E-state index is -1.50. The van der Waals surface area contributed by atoms with Crippen LogP contribution in [0.2, 0.25) is 0 Å². The molecule has 0 fully saturated rings. The van der Waals surface area contributed by atoms with Gasteiger partial charge in [-0.1, -0.05) is 6.07 Å². The molecule has 104 valence electrons. The molecule has 2 aromatic heterocycles. The summed E-state index contributed by atoms with van der Waals surface area (Å²) in [6, 6.07) is 3.68. The van der Waals surface area contributed by atoms with Crippen LogP contribution in [0.3, 0.4) is 0 Å². The summed E-state index contributed by atoms with van der Waals surface area (Å²) in [5, 5.41) is 19.6. The molecular weight excluding hydrogens is 266 g/mol. The van der Waals surface area contributed by atoms with Gasteiger partial charge in [-0.3, -0.25) is 9.59 Å². The van der Waals surface area contributed by atoms with E-state index in [-0.39, 0.29) is 5.69 Å². The molecular formula is C12H11N3O5. The van der Waals surface area contributed by atoms with Crippen molar-refractivity contribution in [3.8, 4) is 0 Å². The van der Waals surface area contributed by atoms with Crippen LogP contribution in [0.15, 0.2) is 30.6 Å². The summed E-state index contributed by atoms with van der Waals surface area (Å²) in [7, 11) is 0. The number of carbonyl (C=O) groups excluding carboxylic acids is 1. The molecule has 0 unspecified atom stereocenters. The van der Waals surface area contributed by atoms with E-state index >= 15 is 0 Å². The van der Waals surface area contributed by atoms with Crippen molar-refractivity contribution in [3.05, 3.63) is 36.3 Å². The normalized spacial score (nSPS) is 12.0. The fourth-order valence-corrected chi connectivity index (χ4v) is 1.65. The zero-order chi connectivity index (χ0) is 14.7. The Kier molecular flexibility index (Phi) is 3.65. The van der Waals surface area contributed by atoms with Gasteiger partial charge in [0, 0.05) is 12.4 Å². The number of nitrogens with one attached hydrogen (secondary N) is 1. The van der Waals surface area contributed by atoms with E-state index in [1.165, 1.54) is 6.20 Å². The molecule has 1 atom stereocenters. The first kappa shape index (κ1) is 13.5. The Bertz CT molecular complexity index is 646. The van der Waals surface area contributed by atoms with Crippen molar-refractivity contribution in [2.24, 2.45) is 0 Å². The lowest BCUT2D eigenvalue weighted by molar-refractivity contribution is -0.145. The lowest BCUT2D eigenvalue weighted by Gasteiger charge is -2.10. The first-order valence-corrected chi connectivity index (χ1v) is 5.66. The maximum Gasteiger partial charge on any atom is 0.326 e. The molecule has 0 aliphatic carbocycles. The van der Waals surface area contributed by atoms with Gasteiger partial charge < -0.3 is 19.9 Å². The Morgan fingerprint density at radius 3 is 2.65 bits per heavy atom. The molecule has 0 aliphatic heterocycles. The van der Waals surface area contributed by atoms with Crippen LogP contribution in [-0.2, 0) is 9.59 Å². The van der Waals surface area contributed by atoms with Gasteiger partial charge in [0.05, 0.1) is 6.42 Å². The van der Waals surface area contributed by atoms with Crippen LogP contribution in [0.4, 0.5) is 0 Å². The van der Waals surface area contributed by atoms with Gasteiger partial charge in [0.15, 0.2) is 0 Å². The number of amides is 1. The summed E-state index contributed by atoms with van der Waals surface area (Å²) in [5.41, 5.74) is 0.551. The van der Waals surface area contributed by atoms with Gasteiger partial charge in [0.1, 0.15) is 17.4 Å². The van der Waals surface area contributed by atoms with Crippen LogP contribution in [0.1, 0.15) is 16.9 Å². The van der Waals surface area contributed by atoms with Crippen LogP contribution in [0.5, 0.6) is 0 Å². The molecule has 0 aliphatic rings. The van der Waals surface area contributed by atoms with Crippen molar-refractivity contribution in [3.63, 3.8) is 0 Å². The molecule has 1 amide bonds. The van der Waals surface area contributed by atoms with E-state index < -0.39 is 30.3 Å². The van der Waals surface area contributed by atoms with E-state index in [1.54, 1.807) is 28.8 Å². The minimum Gasteiger partial charge on any atom is -0.481 e. The molecule has 2 heterocycles. The van der Waals surface area contributed by atoms with Gasteiger partial charge >= 0.3 is 11.9 Å². The van der Waals surface area contributed by atoms with Gasteiger partial charge in [0.2, 0.25) is 0 Å². The Morgan fingerprint density at radius 1 is 1.30 bits per heavy atom. The molecule has 8 nitrogen and oxygen atoms in total. The second kappa shape index (κ2) is 5.39. The number of pyridine rings is 1. The molecule has 20 heavy (non-hydrogen) atoms. The first-order valence-electron chi connectivity index (χ1n) is 5.66. The number of rotatable bonds is 5. The molecule has 0 saturated carbocycles. The van der Waals surface area contributed by atoms with E-state index in [0.717, 1.165) is 0 Å². The molecule has 0 bridgehead atoms. The second-order valence-corrected chi connectivity index (χ2v) is 4.05. The minimum absolute atomic E-state index is 0.0211. The van der Waals surface area contributed by atoms with Crippen LogP contribution in [-0.4, -0.2) is 43.5 Å². The summed E-state index contributed by atoms with van der Waals surface area (Å²) >= 11 is 0. The molecule has 0 aromatic carbocycles. The maximum absolute atomic E-state index is 11.9. The predicted octanol–water partition coefficient (Wildman–Crippen LogP) is -0.00800. The number of fused-ring (bicyclic) bond motifs is 1. The largest absolute Gasteiger partial charge is 0.481 e. The SMILES string of the molecule is O=C(O)C[C@@H](NC(=O)c1cn2ccccc2n1)C(=O)O. The van der Waals surface area contributed by atoms with Crippen molar-refractivity contribution in [1.29, 1.82) is 0 Å². The fourth-order valence-electron chi connectivity index (χ4n) is 1.65. The third-order valence-corrected chi connectivity index (χ3v) is 2.58. The van der Waals surface area contributed by atoms with E-state index in [9.17, 15) is 14.4 Å². The highest BCUT2D eigenvalue weighted by molar-refractivity contribution is 5.96. The predicted molar refractivity (Wildman–Crippen MR) is 66.3 cm³/mol. The number of imidazole rings is 1. The van der Waals surface area contributed by atoms with Gasteiger partial charge in [-0.25, -0.2) is 9.78 Å². The quantitative estimate of drug-likeness (QED) is 0.707. The van der Waals surface area contributed by atoms with Crippen molar-refractivity contribution in [2.45, 2.75) is 12.5 Å². The Morgan fingerprint density at radius 2 is 2.05 bits per heavy atom. The van der Waals surface area contributed by atoms with E-state index in [1.807, 2.05) is 0 Å². The van der Waals surface area contributed by atoms with Crippen molar-refractivity contribution in [2.75, 3.05) is 0 Å². The van der Waals surface area contributed by atoms with Gasteiger partial charge in [0.25, 0.3) is 5.91 Å². The Labute approximate surface area is 112 Å². The summed E-state index contributed by atoms with van der Waals surface area (Å²) < 4.78 is 1.60. The summed E-state index contributed by atoms with van der Waals surface area (Å²) in [6.07, 6.45) is 2.42. The van der Waals surface area contributed by atoms with Gasteiger partial charge in [-0.05, 0) is 12.1 Å². The van der Waals surface area contributed by atoms with Crippen molar-refractivity contribution < 1.29 is 24.6 Å². The molecule has 0 spiro atoms.